The highest BCUT2D eigenvalue weighted by atomic mass is 32.2. The first-order valence-corrected chi connectivity index (χ1v) is 10.9. The molecule has 0 N–H and O–H groups in total. The summed E-state index contributed by atoms with van der Waals surface area (Å²) in [6.07, 6.45) is 2.56. The third-order valence-electron chi connectivity index (χ3n) is 4.42. The quantitative estimate of drug-likeness (QED) is 0.796. The number of aryl methyl sites for hydroxylation is 1. The molecule has 0 spiro atoms. The van der Waals surface area contributed by atoms with Crippen LogP contribution in [0.2, 0.25) is 0 Å². The molecule has 2 aliphatic heterocycles. The maximum atomic E-state index is 12.9. The van der Waals surface area contributed by atoms with E-state index < -0.39 is 26.0 Å². The fourth-order valence-electron chi connectivity index (χ4n) is 3.11. The zero-order valence-corrected chi connectivity index (χ0v) is 15.1. The van der Waals surface area contributed by atoms with Crippen molar-refractivity contribution >= 4 is 31.6 Å². The van der Waals surface area contributed by atoms with Crippen molar-refractivity contribution in [2.45, 2.75) is 37.5 Å². The van der Waals surface area contributed by atoms with Crippen LogP contribution in [0.3, 0.4) is 0 Å². The van der Waals surface area contributed by atoms with Gasteiger partial charge in [0.15, 0.2) is 0 Å². The van der Waals surface area contributed by atoms with E-state index in [2.05, 4.69) is 0 Å². The molecule has 0 unspecified atom stereocenters. The van der Waals surface area contributed by atoms with Gasteiger partial charge in [-0.2, -0.15) is 4.31 Å². The Morgan fingerprint density at radius 1 is 1.08 bits per heavy atom. The molecule has 1 amide bonds. The van der Waals surface area contributed by atoms with Gasteiger partial charge in [0.05, 0.1) is 16.3 Å². The first-order valence-electron chi connectivity index (χ1n) is 7.90. The van der Waals surface area contributed by atoms with Crippen molar-refractivity contribution in [1.82, 2.24) is 4.31 Å². The number of carbonyl (C=O) groups excluding carboxylic acids is 1. The number of anilines is 1. The molecule has 1 aromatic carbocycles. The van der Waals surface area contributed by atoms with Gasteiger partial charge in [0.25, 0.3) is 0 Å². The van der Waals surface area contributed by atoms with E-state index in [0.717, 1.165) is 23.6 Å². The Hall–Kier alpha value is -1.45. The summed E-state index contributed by atoms with van der Waals surface area (Å²) in [4.78, 5) is 12.0. The number of hydrogen-bond acceptors (Lipinski definition) is 5. The molecule has 0 aliphatic carbocycles. The number of carbonyl (C=O) groups is 1. The summed E-state index contributed by atoms with van der Waals surface area (Å²) in [5, 5.41) is 0. The van der Waals surface area contributed by atoms with E-state index in [-0.39, 0.29) is 22.8 Å². The van der Waals surface area contributed by atoms with Gasteiger partial charge in [-0.3, -0.25) is 4.79 Å². The zero-order valence-electron chi connectivity index (χ0n) is 13.4. The Labute approximate surface area is 142 Å². The largest absolute Gasteiger partial charge is 0.273 e. The minimum absolute atomic E-state index is 0.0665. The number of sulfonamides is 2. The van der Waals surface area contributed by atoms with E-state index in [1.54, 1.807) is 13.0 Å². The molecule has 0 atom stereocenters. The van der Waals surface area contributed by atoms with E-state index in [9.17, 15) is 21.6 Å². The average molecular weight is 372 g/mol. The lowest BCUT2D eigenvalue weighted by Gasteiger charge is -2.27. The highest BCUT2D eigenvalue weighted by Crippen LogP contribution is 2.31. The van der Waals surface area contributed by atoms with Crippen LogP contribution in [0.1, 0.15) is 31.2 Å². The van der Waals surface area contributed by atoms with Gasteiger partial charge in [-0.15, -0.1) is 0 Å². The van der Waals surface area contributed by atoms with Crippen molar-refractivity contribution in [1.29, 1.82) is 0 Å². The highest BCUT2D eigenvalue weighted by Gasteiger charge is 2.37. The molecule has 132 valence electrons. The maximum absolute atomic E-state index is 12.9. The molecular weight excluding hydrogens is 352 g/mol. The summed E-state index contributed by atoms with van der Waals surface area (Å²) in [6, 6.07) is 4.33. The van der Waals surface area contributed by atoms with Crippen molar-refractivity contribution in [3.05, 3.63) is 23.8 Å². The van der Waals surface area contributed by atoms with Crippen LogP contribution in [0, 0.1) is 6.92 Å². The smallest absolute Gasteiger partial charge is 0.243 e. The van der Waals surface area contributed by atoms with Crippen molar-refractivity contribution in [3.8, 4) is 0 Å². The van der Waals surface area contributed by atoms with E-state index >= 15 is 0 Å². The van der Waals surface area contributed by atoms with E-state index in [1.807, 2.05) is 0 Å². The van der Waals surface area contributed by atoms with Crippen molar-refractivity contribution < 1.29 is 21.6 Å². The van der Waals surface area contributed by atoms with Crippen LogP contribution in [0.4, 0.5) is 5.69 Å². The van der Waals surface area contributed by atoms with Crippen LogP contribution < -0.4 is 4.31 Å². The Morgan fingerprint density at radius 2 is 1.75 bits per heavy atom. The van der Waals surface area contributed by atoms with Crippen LogP contribution in [0.25, 0.3) is 0 Å². The predicted molar refractivity (Wildman–Crippen MR) is 89.7 cm³/mol. The number of nitrogens with zero attached hydrogens (tertiary/aromatic N) is 2. The minimum atomic E-state index is -3.71. The third kappa shape index (κ3) is 2.96. The van der Waals surface area contributed by atoms with Crippen molar-refractivity contribution in [2.24, 2.45) is 0 Å². The molecule has 2 heterocycles. The minimum Gasteiger partial charge on any atom is -0.273 e. The summed E-state index contributed by atoms with van der Waals surface area (Å²) >= 11 is 0. The Morgan fingerprint density at radius 3 is 2.33 bits per heavy atom. The molecule has 0 aromatic heterocycles. The van der Waals surface area contributed by atoms with Crippen LogP contribution in [0.5, 0.6) is 0 Å². The molecule has 2 fully saturated rings. The summed E-state index contributed by atoms with van der Waals surface area (Å²) in [5.41, 5.74) is 0.632. The monoisotopic (exact) mass is 372 g/mol. The van der Waals surface area contributed by atoms with Gasteiger partial charge in [0, 0.05) is 19.5 Å². The first kappa shape index (κ1) is 17.4. The summed E-state index contributed by atoms with van der Waals surface area (Å²) in [6.45, 7) is 2.60. The number of piperidine rings is 1. The number of amides is 1. The van der Waals surface area contributed by atoms with Crippen LogP contribution in [0.15, 0.2) is 23.1 Å². The molecule has 1 aromatic rings. The molecule has 0 radical (unpaired) electrons. The number of rotatable bonds is 3. The predicted octanol–water partition coefficient (Wildman–Crippen LogP) is 1.24. The van der Waals surface area contributed by atoms with E-state index in [4.69, 9.17) is 0 Å². The second-order valence-electron chi connectivity index (χ2n) is 6.14. The van der Waals surface area contributed by atoms with Crippen molar-refractivity contribution in [2.75, 3.05) is 23.1 Å². The molecule has 0 saturated carbocycles. The second-order valence-corrected chi connectivity index (χ2v) is 9.98. The fourth-order valence-corrected chi connectivity index (χ4v) is 6.32. The SMILES string of the molecule is Cc1ccc(N2C(=O)CCS2(=O)=O)cc1S(=O)(=O)N1CCCCC1. The van der Waals surface area contributed by atoms with Crippen molar-refractivity contribution in [3.63, 3.8) is 0 Å². The third-order valence-corrected chi connectivity index (χ3v) is 8.15. The van der Waals surface area contributed by atoms with Gasteiger partial charge < -0.3 is 0 Å². The molecule has 2 aliphatic rings. The second kappa shape index (κ2) is 6.12. The molecule has 24 heavy (non-hydrogen) atoms. The first-order chi connectivity index (χ1) is 11.2. The lowest BCUT2D eigenvalue weighted by atomic mass is 10.2. The summed E-state index contributed by atoms with van der Waals surface area (Å²) in [7, 11) is -7.41. The van der Waals surface area contributed by atoms with Gasteiger partial charge in [-0.25, -0.2) is 21.1 Å². The molecule has 7 nitrogen and oxygen atoms in total. The van der Waals surface area contributed by atoms with Gasteiger partial charge in [-0.05, 0) is 37.5 Å². The van der Waals surface area contributed by atoms with Crippen LogP contribution in [-0.4, -0.2) is 45.9 Å². The van der Waals surface area contributed by atoms with E-state index in [0.29, 0.717) is 18.7 Å². The Kier molecular flexibility index (Phi) is 4.43. The topological polar surface area (TPSA) is 91.8 Å². The molecule has 2 saturated heterocycles. The van der Waals surface area contributed by atoms with Gasteiger partial charge in [0.2, 0.25) is 26.0 Å². The average Bonchev–Trinajstić information content (AvgIpc) is 2.82. The standard InChI is InChI=1S/C15H20N2O5S2/c1-12-5-6-13(17-15(18)7-10-23(17,19)20)11-14(12)24(21,22)16-8-3-2-4-9-16/h5-6,11H,2-4,7-10H2,1H3. The maximum Gasteiger partial charge on any atom is 0.243 e. The lowest BCUT2D eigenvalue weighted by Crippen LogP contribution is -2.36. The fraction of sp³-hybridized carbons (Fsp3) is 0.533. The normalized spacial score (nSPS) is 22.0. The number of hydrogen-bond donors (Lipinski definition) is 0. The lowest BCUT2D eigenvalue weighted by molar-refractivity contribution is -0.116. The molecule has 9 heteroatoms. The number of benzene rings is 1. The highest BCUT2D eigenvalue weighted by molar-refractivity contribution is 7.94. The molecule has 3 rings (SSSR count). The van der Waals surface area contributed by atoms with Gasteiger partial charge in [0.1, 0.15) is 0 Å². The van der Waals surface area contributed by atoms with E-state index in [1.165, 1.54) is 16.4 Å². The summed E-state index contributed by atoms with van der Waals surface area (Å²) in [5.74, 6) is -0.770. The van der Waals surface area contributed by atoms with Gasteiger partial charge in [-0.1, -0.05) is 12.5 Å². The Balaban J connectivity index is 2.05. The Bertz CT molecular complexity index is 871. The van der Waals surface area contributed by atoms with Gasteiger partial charge >= 0.3 is 0 Å². The molecule has 0 bridgehead atoms. The zero-order chi connectivity index (χ0) is 17.5. The van der Waals surface area contributed by atoms with Crippen LogP contribution in [-0.2, 0) is 24.8 Å². The summed E-state index contributed by atoms with van der Waals surface area (Å²) < 4.78 is 52.1. The molecular formula is C15H20N2O5S2. The van der Waals surface area contributed by atoms with Crippen LogP contribution >= 0.6 is 0 Å².